The lowest BCUT2D eigenvalue weighted by Gasteiger charge is -2.20. The summed E-state index contributed by atoms with van der Waals surface area (Å²) in [5.41, 5.74) is 5.00. The van der Waals surface area contributed by atoms with Crippen LogP contribution in [0.4, 0.5) is 0 Å². The molecule has 4 atom stereocenters. The number of hydrogen-bond acceptors (Lipinski definition) is 5. The van der Waals surface area contributed by atoms with E-state index in [0.29, 0.717) is 0 Å². The minimum absolute atomic E-state index is 0.0751. The summed E-state index contributed by atoms with van der Waals surface area (Å²) in [5.74, 6) is 3.73. The smallest absolute Gasteiger partial charge is 0.108 e. The van der Waals surface area contributed by atoms with Gasteiger partial charge in [-0.05, 0) is 22.3 Å². The van der Waals surface area contributed by atoms with E-state index in [4.69, 9.17) is 9.98 Å². The Kier molecular flexibility index (Phi) is 7.04. The Hall–Kier alpha value is -3.83. The predicted octanol–water partition coefficient (Wildman–Crippen LogP) is 6.69. The first kappa shape index (κ1) is 23.6. The third kappa shape index (κ3) is 5.32. The minimum Gasteiger partial charge on any atom is -0.364 e. The maximum Gasteiger partial charge on any atom is 0.108 e. The minimum atomic E-state index is 0.0751. The van der Waals surface area contributed by atoms with Crippen molar-refractivity contribution in [1.29, 1.82) is 0 Å². The molecule has 0 fully saturated rings. The summed E-state index contributed by atoms with van der Waals surface area (Å²) in [6.45, 7) is 0. The van der Waals surface area contributed by atoms with Crippen LogP contribution in [-0.2, 0) is 0 Å². The molecular formula is C32H30N4S. The topological polar surface area (TPSA) is 48.8 Å². The molecule has 0 amide bonds. The molecule has 4 unspecified atom stereocenters. The van der Waals surface area contributed by atoms with E-state index in [-0.39, 0.29) is 24.2 Å². The van der Waals surface area contributed by atoms with Crippen LogP contribution in [0.5, 0.6) is 0 Å². The lowest BCUT2D eigenvalue weighted by molar-refractivity contribution is 0.572. The molecule has 2 N–H and O–H groups in total. The molecule has 37 heavy (non-hydrogen) atoms. The molecule has 4 aromatic rings. The fraction of sp³-hybridized carbons (Fsp3) is 0.188. The van der Waals surface area contributed by atoms with Crippen LogP contribution in [0.3, 0.4) is 0 Å². The van der Waals surface area contributed by atoms with Gasteiger partial charge in [-0.25, -0.2) is 0 Å². The summed E-state index contributed by atoms with van der Waals surface area (Å²) in [4.78, 5) is 10.3. The standard InChI is InChI=1S/C32H30N4S/c1-5-13-23(14-6-1)29-30(24-15-7-2-8-16-24)34-27(33-29)21-37-22-28-35-31(25-17-9-3-10-18-25)32(36-28)26-19-11-4-12-20-26/h1-20,29-32H,21-22H2,(H,33,34)(H,35,36). The molecule has 0 aromatic heterocycles. The SMILES string of the molecule is c1ccc(C2N=C(CSCC3=NC(c4ccccc4)C(c4ccccc4)N3)NC2c2ccccc2)cc1. The highest BCUT2D eigenvalue weighted by Crippen LogP contribution is 2.38. The molecule has 0 saturated heterocycles. The predicted molar refractivity (Wildman–Crippen MR) is 155 cm³/mol. The summed E-state index contributed by atoms with van der Waals surface area (Å²) in [5, 5.41) is 7.44. The molecule has 2 aliphatic rings. The molecule has 0 radical (unpaired) electrons. The number of thioether (sulfide) groups is 1. The van der Waals surface area contributed by atoms with Crippen molar-refractivity contribution in [3.05, 3.63) is 144 Å². The maximum atomic E-state index is 5.13. The Bertz CT molecular complexity index is 1250. The van der Waals surface area contributed by atoms with E-state index in [9.17, 15) is 0 Å². The van der Waals surface area contributed by atoms with Crippen LogP contribution in [0.2, 0.25) is 0 Å². The Morgan fingerprint density at radius 3 is 1.14 bits per heavy atom. The monoisotopic (exact) mass is 502 g/mol. The summed E-state index contributed by atoms with van der Waals surface area (Å²) < 4.78 is 0. The number of benzene rings is 4. The molecule has 0 spiro atoms. The summed E-state index contributed by atoms with van der Waals surface area (Å²) >= 11 is 1.85. The van der Waals surface area contributed by atoms with Crippen molar-refractivity contribution in [3.8, 4) is 0 Å². The van der Waals surface area contributed by atoms with Crippen molar-refractivity contribution < 1.29 is 0 Å². The number of hydrogen-bond donors (Lipinski definition) is 2. The third-order valence-electron chi connectivity index (χ3n) is 6.94. The van der Waals surface area contributed by atoms with Gasteiger partial charge < -0.3 is 10.6 Å². The Morgan fingerprint density at radius 1 is 0.459 bits per heavy atom. The fourth-order valence-corrected chi connectivity index (χ4v) is 5.97. The van der Waals surface area contributed by atoms with Gasteiger partial charge in [-0.3, -0.25) is 9.98 Å². The largest absolute Gasteiger partial charge is 0.364 e. The van der Waals surface area contributed by atoms with Crippen molar-refractivity contribution in [2.75, 3.05) is 11.5 Å². The zero-order valence-electron chi connectivity index (χ0n) is 20.6. The van der Waals surface area contributed by atoms with Gasteiger partial charge in [-0.1, -0.05) is 121 Å². The van der Waals surface area contributed by atoms with Gasteiger partial charge in [-0.15, -0.1) is 11.8 Å². The normalized spacial score (nSPS) is 22.6. The molecular weight excluding hydrogens is 472 g/mol. The number of aliphatic imine (C=N–C) groups is 2. The van der Waals surface area contributed by atoms with Crippen LogP contribution in [0, 0.1) is 0 Å². The average molecular weight is 503 g/mol. The van der Waals surface area contributed by atoms with E-state index >= 15 is 0 Å². The molecule has 184 valence electrons. The van der Waals surface area contributed by atoms with Gasteiger partial charge in [0.2, 0.25) is 0 Å². The molecule has 6 rings (SSSR count). The van der Waals surface area contributed by atoms with Gasteiger partial charge >= 0.3 is 0 Å². The molecule has 0 saturated carbocycles. The Morgan fingerprint density at radius 2 is 0.784 bits per heavy atom. The van der Waals surface area contributed by atoms with E-state index in [0.717, 1.165) is 23.2 Å². The highest BCUT2D eigenvalue weighted by molar-refractivity contribution is 8.00. The van der Waals surface area contributed by atoms with Crippen LogP contribution >= 0.6 is 11.8 Å². The highest BCUT2D eigenvalue weighted by atomic mass is 32.2. The number of rotatable bonds is 8. The quantitative estimate of drug-likeness (QED) is 0.282. The van der Waals surface area contributed by atoms with Crippen LogP contribution < -0.4 is 10.6 Å². The number of nitrogens with one attached hydrogen (secondary N) is 2. The number of amidine groups is 2. The second-order valence-electron chi connectivity index (χ2n) is 9.42. The molecule has 4 nitrogen and oxygen atoms in total. The van der Waals surface area contributed by atoms with Gasteiger partial charge in [0.15, 0.2) is 0 Å². The summed E-state index contributed by atoms with van der Waals surface area (Å²) in [6, 6.07) is 42.9. The molecule has 0 aliphatic carbocycles. The Labute approximate surface area is 223 Å². The highest BCUT2D eigenvalue weighted by Gasteiger charge is 2.32. The van der Waals surface area contributed by atoms with Crippen molar-refractivity contribution >= 4 is 23.4 Å². The molecule has 5 heteroatoms. The second kappa shape index (κ2) is 11.1. The van der Waals surface area contributed by atoms with Crippen molar-refractivity contribution in [3.63, 3.8) is 0 Å². The maximum absolute atomic E-state index is 5.13. The first-order valence-corrected chi connectivity index (χ1v) is 13.9. The first-order chi connectivity index (χ1) is 18.3. The van der Waals surface area contributed by atoms with E-state index in [1.54, 1.807) is 0 Å². The van der Waals surface area contributed by atoms with Gasteiger partial charge in [0.25, 0.3) is 0 Å². The van der Waals surface area contributed by atoms with Gasteiger partial charge in [0, 0.05) is 0 Å². The molecule has 0 bridgehead atoms. The van der Waals surface area contributed by atoms with Crippen molar-refractivity contribution in [2.45, 2.75) is 24.2 Å². The van der Waals surface area contributed by atoms with E-state index in [1.807, 2.05) is 11.8 Å². The van der Waals surface area contributed by atoms with Crippen LogP contribution in [0.25, 0.3) is 0 Å². The average Bonchev–Trinajstić information content (AvgIpc) is 3.60. The first-order valence-electron chi connectivity index (χ1n) is 12.8. The van der Waals surface area contributed by atoms with E-state index in [2.05, 4.69) is 132 Å². The van der Waals surface area contributed by atoms with Crippen LogP contribution in [0.15, 0.2) is 131 Å². The van der Waals surface area contributed by atoms with Gasteiger partial charge in [0.05, 0.1) is 23.6 Å². The molecule has 4 aromatic carbocycles. The van der Waals surface area contributed by atoms with E-state index in [1.165, 1.54) is 22.3 Å². The molecule has 2 aliphatic heterocycles. The Balaban J connectivity index is 1.15. The second-order valence-corrected chi connectivity index (χ2v) is 10.4. The van der Waals surface area contributed by atoms with Crippen molar-refractivity contribution in [1.82, 2.24) is 10.6 Å². The lowest BCUT2D eigenvalue weighted by atomic mass is 9.95. The zero-order chi connectivity index (χ0) is 24.9. The third-order valence-corrected chi connectivity index (χ3v) is 7.90. The van der Waals surface area contributed by atoms with Gasteiger partial charge in [-0.2, -0.15) is 0 Å². The van der Waals surface area contributed by atoms with E-state index < -0.39 is 0 Å². The van der Waals surface area contributed by atoms with Crippen molar-refractivity contribution in [2.24, 2.45) is 9.98 Å². The van der Waals surface area contributed by atoms with Crippen LogP contribution in [-0.4, -0.2) is 23.2 Å². The fourth-order valence-electron chi connectivity index (χ4n) is 5.16. The summed E-state index contributed by atoms with van der Waals surface area (Å²) in [7, 11) is 0. The van der Waals surface area contributed by atoms with Gasteiger partial charge in [0.1, 0.15) is 23.8 Å². The lowest BCUT2D eigenvalue weighted by Crippen LogP contribution is -2.28. The zero-order valence-corrected chi connectivity index (χ0v) is 21.4. The summed E-state index contributed by atoms with van der Waals surface area (Å²) in [6.07, 6.45) is 0. The number of nitrogens with zero attached hydrogens (tertiary/aromatic N) is 2. The molecule has 2 heterocycles. The van der Waals surface area contributed by atoms with Crippen LogP contribution in [0.1, 0.15) is 46.4 Å².